The first-order valence-electron chi connectivity index (χ1n) is 9.60. The number of aryl methyl sites for hydroxylation is 2. The van der Waals surface area contributed by atoms with E-state index >= 15 is 0 Å². The Kier molecular flexibility index (Phi) is 7.45. The van der Waals surface area contributed by atoms with E-state index in [0.29, 0.717) is 19.8 Å². The topological polar surface area (TPSA) is 30.5 Å². The van der Waals surface area contributed by atoms with Gasteiger partial charge in [-0.1, -0.05) is 63.4 Å². The van der Waals surface area contributed by atoms with Crippen molar-refractivity contribution in [2.24, 2.45) is 0 Å². The summed E-state index contributed by atoms with van der Waals surface area (Å²) >= 11 is 9.89. The van der Waals surface area contributed by atoms with Gasteiger partial charge in [-0.2, -0.15) is 0 Å². The maximum atomic E-state index is 6.22. The maximum Gasteiger partial charge on any atom is 0.162 e. The molecule has 0 heterocycles. The van der Waals surface area contributed by atoms with Gasteiger partial charge >= 0.3 is 0 Å². The zero-order chi connectivity index (χ0) is 20.8. The van der Waals surface area contributed by atoms with Crippen LogP contribution in [0.3, 0.4) is 0 Å². The van der Waals surface area contributed by atoms with Crippen molar-refractivity contribution in [1.82, 2.24) is 0 Å². The molecule has 0 amide bonds. The van der Waals surface area contributed by atoms with Gasteiger partial charge in [0.1, 0.15) is 6.61 Å². The molecule has 0 saturated heterocycles. The third kappa shape index (κ3) is 5.91. The lowest BCUT2D eigenvalue weighted by molar-refractivity contribution is 0.269. The van der Waals surface area contributed by atoms with E-state index in [1.165, 1.54) is 5.56 Å². The first-order valence-corrected chi connectivity index (χ1v) is 10.8. The van der Waals surface area contributed by atoms with Crippen molar-refractivity contribution in [1.29, 1.82) is 0 Å². The first kappa shape index (κ1) is 21.5. The number of hydrogen-bond donors (Lipinski definition) is 1. The van der Waals surface area contributed by atoms with Crippen LogP contribution < -0.4 is 14.8 Å². The number of nitrogens with one attached hydrogen (secondary N) is 1. The van der Waals surface area contributed by atoms with Gasteiger partial charge in [-0.3, -0.25) is 0 Å². The second-order valence-corrected chi connectivity index (χ2v) is 8.18. The van der Waals surface area contributed by atoms with Crippen LogP contribution in [0.1, 0.15) is 29.2 Å². The highest BCUT2D eigenvalue weighted by Crippen LogP contribution is 2.35. The lowest BCUT2D eigenvalue weighted by Crippen LogP contribution is -2.04. The number of hydrogen-bond acceptors (Lipinski definition) is 3. The predicted octanol–water partition coefficient (Wildman–Crippen LogP) is 7.31. The highest BCUT2D eigenvalue weighted by atomic mass is 79.9. The molecule has 152 valence electrons. The molecular formula is C24H25BrClNO2. The van der Waals surface area contributed by atoms with Crippen LogP contribution in [0, 0.1) is 13.8 Å². The quantitative estimate of drug-likeness (QED) is 0.371. The Morgan fingerprint density at radius 2 is 1.76 bits per heavy atom. The van der Waals surface area contributed by atoms with Crippen molar-refractivity contribution in [2.45, 2.75) is 33.9 Å². The lowest BCUT2D eigenvalue weighted by atomic mass is 10.1. The summed E-state index contributed by atoms with van der Waals surface area (Å²) in [7, 11) is 0. The lowest BCUT2D eigenvalue weighted by Gasteiger charge is -2.16. The molecule has 0 fully saturated rings. The third-order valence-corrected chi connectivity index (χ3v) is 5.69. The smallest absolute Gasteiger partial charge is 0.162 e. The van der Waals surface area contributed by atoms with Gasteiger partial charge in [0.2, 0.25) is 0 Å². The number of benzene rings is 3. The van der Waals surface area contributed by atoms with Crippen LogP contribution in [-0.4, -0.2) is 6.61 Å². The van der Waals surface area contributed by atoms with Crippen molar-refractivity contribution < 1.29 is 9.47 Å². The summed E-state index contributed by atoms with van der Waals surface area (Å²) in [6.07, 6.45) is 0. The van der Waals surface area contributed by atoms with Crippen molar-refractivity contribution >= 4 is 33.2 Å². The zero-order valence-corrected chi connectivity index (χ0v) is 19.2. The van der Waals surface area contributed by atoms with Crippen LogP contribution in [-0.2, 0) is 13.2 Å². The summed E-state index contributed by atoms with van der Waals surface area (Å²) in [6.45, 7) is 7.74. The van der Waals surface area contributed by atoms with Crippen molar-refractivity contribution in [2.75, 3.05) is 11.9 Å². The monoisotopic (exact) mass is 473 g/mol. The third-order valence-electron chi connectivity index (χ3n) is 4.54. The Hall–Kier alpha value is -2.17. The zero-order valence-electron chi connectivity index (χ0n) is 16.9. The van der Waals surface area contributed by atoms with Crippen LogP contribution in [0.15, 0.2) is 59.1 Å². The van der Waals surface area contributed by atoms with E-state index in [1.807, 2.05) is 50.2 Å². The predicted molar refractivity (Wildman–Crippen MR) is 124 cm³/mol. The molecule has 0 aliphatic heterocycles. The van der Waals surface area contributed by atoms with Crippen molar-refractivity contribution in [3.63, 3.8) is 0 Å². The molecule has 3 aromatic carbocycles. The van der Waals surface area contributed by atoms with Gasteiger partial charge in [0.05, 0.1) is 6.61 Å². The molecule has 0 saturated carbocycles. The van der Waals surface area contributed by atoms with Gasteiger partial charge in [-0.25, -0.2) is 0 Å². The normalized spacial score (nSPS) is 10.7. The highest BCUT2D eigenvalue weighted by molar-refractivity contribution is 9.10. The average molecular weight is 475 g/mol. The number of anilines is 1. The second-order valence-electron chi connectivity index (χ2n) is 6.92. The van der Waals surface area contributed by atoms with E-state index < -0.39 is 0 Å². The van der Waals surface area contributed by atoms with Crippen molar-refractivity contribution in [3.05, 3.63) is 86.3 Å². The Labute approximate surface area is 186 Å². The SMILES string of the molecule is CCOc1cc(CNc2ccc(C)c(Cl)c2)c(Br)cc1OCc1cccc(C)c1. The molecule has 3 nitrogen and oxygen atoms in total. The minimum atomic E-state index is 0.494. The largest absolute Gasteiger partial charge is 0.490 e. The van der Waals surface area contributed by atoms with Crippen LogP contribution >= 0.6 is 27.5 Å². The standard InChI is InChI=1S/C24H25BrClNO2/c1-4-28-23-11-19(14-27-20-9-8-17(3)22(26)12-20)21(25)13-24(23)29-15-18-7-5-6-16(2)10-18/h5-13,27H,4,14-15H2,1-3H3. The van der Waals surface area contributed by atoms with E-state index in [0.717, 1.165) is 43.4 Å². The molecule has 29 heavy (non-hydrogen) atoms. The van der Waals surface area contributed by atoms with E-state index in [9.17, 15) is 0 Å². The van der Waals surface area contributed by atoms with Crippen molar-refractivity contribution in [3.8, 4) is 11.5 Å². The number of ether oxygens (including phenoxy) is 2. The van der Waals surface area contributed by atoms with E-state index in [2.05, 4.69) is 46.4 Å². The summed E-state index contributed by atoms with van der Waals surface area (Å²) in [5.41, 5.74) is 5.46. The summed E-state index contributed by atoms with van der Waals surface area (Å²) in [4.78, 5) is 0. The van der Waals surface area contributed by atoms with E-state index in [-0.39, 0.29) is 0 Å². The summed E-state index contributed by atoms with van der Waals surface area (Å²) in [6, 6.07) is 18.3. The molecule has 0 aliphatic carbocycles. The minimum Gasteiger partial charge on any atom is -0.490 e. The summed E-state index contributed by atoms with van der Waals surface area (Å²) in [5.74, 6) is 1.46. The van der Waals surface area contributed by atoms with Crippen LogP contribution in [0.5, 0.6) is 11.5 Å². The Morgan fingerprint density at radius 3 is 2.48 bits per heavy atom. The first-order chi connectivity index (χ1) is 14.0. The number of rotatable bonds is 8. The molecule has 0 atom stereocenters. The average Bonchev–Trinajstić information content (AvgIpc) is 2.69. The molecule has 0 unspecified atom stereocenters. The molecule has 1 N–H and O–H groups in total. The fourth-order valence-electron chi connectivity index (χ4n) is 2.96. The number of halogens is 2. The summed E-state index contributed by atoms with van der Waals surface area (Å²) < 4.78 is 12.9. The van der Waals surface area contributed by atoms with Gasteiger partial charge in [-0.05, 0) is 61.7 Å². The van der Waals surface area contributed by atoms with Crippen LogP contribution in [0.25, 0.3) is 0 Å². The molecule has 0 bridgehead atoms. The maximum absolute atomic E-state index is 6.22. The molecule has 0 radical (unpaired) electrons. The van der Waals surface area contributed by atoms with Gasteiger partial charge < -0.3 is 14.8 Å². The Morgan fingerprint density at radius 1 is 0.966 bits per heavy atom. The molecule has 0 spiro atoms. The van der Waals surface area contributed by atoms with Gasteiger partial charge in [-0.15, -0.1) is 0 Å². The molecule has 0 aliphatic rings. The molecular weight excluding hydrogens is 450 g/mol. The fourth-order valence-corrected chi connectivity index (χ4v) is 3.60. The second kappa shape index (κ2) is 10.0. The highest BCUT2D eigenvalue weighted by Gasteiger charge is 2.12. The molecule has 3 rings (SSSR count). The molecule has 3 aromatic rings. The van der Waals surface area contributed by atoms with E-state index in [1.54, 1.807) is 0 Å². The van der Waals surface area contributed by atoms with Gasteiger partial charge in [0.25, 0.3) is 0 Å². The summed E-state index contributed by atoms with van der Waals surface area (Å²) in [5, 5.41) is 4.17. The minimum absolute atomic E-state index is 0.494. The molecule has 0 aromatic heterocycles. The van der Waals surface area contributed by atoms with Crippen LogP contribution in [0.4, 0.5) is 5.69 Å². The van der Waals surface area contributed by atoms with Gasteiger partial charge in [0.15, 0.2) is 11.5 Å². The Balaban J connectivity index is 1.75. The Bertz CT molecular complexity index is 991. The fraction of sp³-hybridized carbons (Fsp3) is 0.250. The van der Waals surface area contributed by atoms with Crippen LogP contribution in [0.2, 0.25) is 5.02 Å². The molecule has 5 heteroatoms. The van der Waals surface area contributed by atoms with E-state index in [4.69, 9.17) is 21.1 Å². The van der Waals surface area contributed by atoms with Gasteiger partial charge in [0, 0.05) is 21.7 Å².